The van der Waals surface area contributed by atoms with Gasteiger partial charge in [0.05, 0.1) is 0 Å². The minimum absolute atomic E-state index is 0. The Morgan fingerprint density at radius 1 is 1.07 bits per heavy atom. The SMILES string of the molecule is Cc1cc(N)nc(C[C@H]2CNC[C@H]2NCCNCc2ccc(Cl)cc2)c1.Cl.Cl.Cl.Cl. The van der Waals surface area contributed by atoms with Gasteiger partial charge in [0.15, 0.2) is 0 Å². The summed E-state index contributed by atoms with van der Waals surface area (Å²) in [5, 5.41) is 11.4. The average Bonchev–Trinajstić information content (AvgIpc) is 3.02. The van der Waals surface area contributed by atoms with Crippen LogP contribution in [0.15, 0.2) is 36.4 Å². The summed E-state index contributed by atoms with van der Waals surface area (Å²) in [7, 11) is 0. The molecule has 2 atom stereocenters. The number of halogens is 5. The number of nitrogens with zero attached hydrogens (tertiary/aromatic N) is 1. The highest BCUT2D eigenvalue weighted by atomic mass is 35.5. The Bertz CT molecular complexity index is 697. The minimum Gasteiger partial charge on any atom is -0.384 e. The first kappa shape index (κ1) is 31.7. The topological polar surface area (TPSA) is 75.0 Å². The van der Waals surface area contributed by atoms with Gasteiger partial charge < -0.3 is 21.7 Å². The quantitative estimate of drug-likeness (QED) is 0.399. The predicted molar refractivity (Wildman–Crippen MR) is 137 cm³/mol. The maximum absolute atomic E-state index is 5.91. The Balaban J connectivity index is 0. The van der Waals surface area contributed by atoms with Gasteiger partial charge in [0.25, 0.3) is 0 Å². The first-order chi connectivity index (χ1) is 12.6. The summed E-state index contributed by atoms with van der Waals surface area (Å²) < 4.78 is 0. The summed E-state index contributed by atoms with van der Waals surface area (Å²) in [6, 6.07) is 12.5. The van der Waals surface area contributed by atoms with Crippen LogP contribution in [0.25, 0.3) is 0 Å². The van der Waals surface area contributed by atoms with Gasteiger partial charge in [-0.2, -0.15) is 0 Å². The predicted octanol–water partition coefficient (Wildman–Crippen LogP) is 3.82. The van der Waals surface area contributed by atoms with E-state index < -0.39 is 0 Å². The van der Waals surface area contributed by atoms with Crippen molar-refractivity contribution in [3.63, 3.8) is 0 Å². The Morgan fingerprint density at radius 3 is 2.43 bits per heavy atom. The van der Waals surface area contributed by atoms with E-state index in [4.69, 9.17) is 17.3 Å². The Hall–Kier alpha value is -0.500. The van der Waals surface area contributed by atoms with E-state index in [0.29, 0.717) is 17.8 Å². The first-order valence-electron chi connectivity index (χ1n) is 9.22. The van der Waals surface area contributed by atoms with Gasteiger partial charge >= 0.3 is 0 Å². The van der Waals surface area contributed by atoms with Gasteiger partial charge in [-0.05, 0) is 61.2 Å². The molecule has 5 nitrogen and oxygen atoms in total. The van der Waals surface area contributed by atoms with E-state index in [1.807, 2.05) is 18.2 Å². The molecule has 1 saturated heterocycles. The van der Waals surface area contributed by atoms with Crippen molar-refractivity contribution >= 4 is 67.0 Å². The lowest BCUT2D eigenvalue weighted by Crippen LogP contribution is -2.40. The van der Waals surface area contributed by atoms with E-state index in [0.717, 1.165) is 49.9 Å². The van der Waals surface area contributed by atoms with Crippen LogP contribution in [0, 0.1) is 12.8 Å². The van der Waals surface area contributed by atoms with Gasteiger partial charge in [-0.25, -0.2) is 4.98 Å². The largest absolute Gasteiger partial charge is 0.384 e. The third-order valence-corrected chi connectivity index (χ3v) is 5.06. The van der Waals surface area contributed by atoms with Gasteiger partial charge in [-0.1, -0.05) is 23.7 Å². The molecule has 1 aromatic carbocycles. The van der Waals surface area contributed by atoms with Crippen LogP contribution in [-0.4, -0.2) is 37.2 Å². The second-order valence-corrected chi connectivity index (χ2v) is 7.48. The van der Waals surface area contributed by atoms with Crippen molar-refractivity contribution < 1.29 is 0 Å². The molecule has 0 aliphatic carbocycles. The smallest absolute Gasteiger partial charge is 0.123 e. The van der Waals surface area contributed by atoms with Crippen LogP contribution < -0.4 is 21.7 Å². The number of aryl methyl sites for hydroxylation is 1. The molecular weight excluding hydrogens is 488 g/mol. The Kier molecular flexibility index (Phi) is 17.1. The number of benzene rings is 1. The molecule has 2 aromatic rings. The van der Waals surface area contributed by atoms with Crippen LogP contribution in [0.3, 0.4) is 0 Å². The van der Waals surface area contributed by atoms with Crippen LogP contribution in [0.1, 0.15) is 16.8 Å². The lowest BCUT2D eigenvalue weighted by Gasteiger charge is -2.20. The van der Waals surface area contributed by atoms with Crippen molar-refractivity contribution in [2.45, 2.75) is 25.9 Å². The summed E-state index contributed by atoms with van der Waals surface area (Å²) in [4.78, 5) is 4.48. The summed E-state index contributed by atoms with van der Waals surface area (Å²) >= 11 is 5.91. The molecule has 0 bridgehead atoms. The molecule has 10 heteroatoms. The van der Waals surface area contributed by atoms with E-state index in [1.54, 1.807) is 0 Å². The van der Waals surface area contributed by atoms with E-state index in [2.05, 4.69) is 46.1 Å². The van der Waals surface area contributed by atoms with Crippen LogP contribution >= 0.6 is 61.2 Å². The summed E-state index contributed by atoms with van der Waals surface area (Å²) in [5.41, 5.74) is 9.39. The Labute approximate surface area is 209 Å². The van der Waals surface area contributed by atoms with Crippen molar-refractivity contribution in [2.24, 2.45) is 5.92 Å². The fourth-order valence-electron chi connectivity index (χ4n) is 3.51. The summed E-state index contributed by atoms with van der Waals surface area (Å²) in [5.74, 6) is 1.15. The zero-order chi connectivity index (χ0) is 18.4. The van der Waals surface area contributed by atoms with Crippen molar-refractivity contribution in [1.29, 1.82) is 0 Å². The van der Waals surface area contributed by atoms with E-state index in [1.165, 1.54) is 11.1 Å². The lowest BCUT2D eigenvalue weighted by molar-refractivity contribution is 0.419. The molecule has 0 radical (unpaired) electrons. The third kappa shape index (κ3) is 10.2. The zero-order valence-electron chi connectivity index (χ0n) is 16.9. The molecule has 2 heterocycles. The zero-order valence-corrected chi connectivity index (χ0v) is 20.9. The fraction of sp³-hybridized carbons (Fsp3) is 0.450. The van der Waals surface area contributed by atoms with E-state index in [-0.39, 0.29) is 49.6 Å². The standard InChI is InChI=1S/C20H28ClN5.4ClH/c1-14-8-18(26-20(22)9-14)10-16-12-24-13-19(16)25-7-6-23-11-15-2-4-17(21)5-3-15;;;;/h2-5,8-9,16,19,23-25H,6-7,10-13H2,1H3,(H2,22,26);4*1H/t16-,19+;;;;/m0..../s1. The molecule has 3 rings (SSSR count). The van der Waals surface area contributed by atoms with E-state index >= 15 is 0 Å². The molecule has 1 aliphatic heterocycles. The van der Waals surface area contributed by atoms with Gasteiger partial charge in [0.1, 0.15) is 5.82 Å². The summed E-state index contributed by atoms with van der Waals surface area (Å²) in [6.45, 7) is 6.82. The molecule has 1 aliphatic rings. The number of hydrogen-bond donors (Lipinski definition) is 4. The first-order valence-corrected chi connectivity index (χ1v) is 9.60. The molecule has 1 fully saturated rings. The monoisotopic (exact) mass is 517 g/mol. The number of hydrogen-bond acceptors (Lipinski definition) is 5. The lowest BCUT2D eigenvalue weighted by atomic mass is 9.97. The fourth-order valence-corrected chi connectivity index (χ4v) is 3.63. The minimum atomic E-state index is 0. The van der Waals surface area contributed by atoms with Crippen molar-refractivity contribution in [3.8, 4) is 0 Å². The molecule has 0 spiro atoms. The van der Waals surface area contributed by atoms with Crippen molar-refractivity contribution in [2.75, 3.05) is 31.9 Å². The number of nitrogens with two attached hydrogens (primary N) is 1. The van der Waals surface area contributed by atoms with Gasteiger partial charge in [-0.3, -0.25) is 0 Å². The average molecular weight is 520 g/mol. The molecule has 5 N–H and O–H groups in total. The Morgan fingerprint density at radius 2 is 1.77 bits per heavy atom. The maximum Gasteiger partial charge on any atom is 0.123 e. The molecule has 0 amide bonds. The van der Waals surface area contributed by atoms with E-state index in [9.17, 15) is 0 Å². The highest BCUT2D eigenvalue weighted by Crippen LogP contribution is 2.17. The molecular formula is C20H32Cl5N5. The maximum atomic E-state index is 5.91. The molecule has 0 saturated carbocycles. The number of pyridine rings is 1. The van der Waals surface area contributed by atoms with Crippen molar-refractivity contribution in [1.82, 2.24) is 20.9 Å². The van der Waals surface area contributed by atoms with Crippen LogP contribution in [0.2, 0.25) is 5.02 Å². The normalized spacial score (nSPS) is 17.1. The van der Waals surface area contributed by atoms with Gasteiger partial charge in [0, 0.05) is 42.9 Å². The second-order valence-electron chi connectivity index (χ2n) is 7.05. The second kappa shape index (κ2) is 16.2. The number of nitrogens with one attached hydrogen (secondary N) is 3. The number of nitrogen functional groups attached to an aromatic ring is 1. The number of aromatic nitrogens is 1. The van der Waals surface area contributed by atoms with Gasteiger partial charge in [0.2, 0.25) is 0 Å². The molecule has 1 aromatic heterocycles. The van der Waals surface area contributed by atoms with Crippen LogP contribution in [0.5, 0.6) is 0 Å². The molecule has 30 heavy (non-hydrogen) atoms. The third-order valence-electron chi connectivity index (χ3n) is 4.80. The van der Waals surface area contributed by atoms with Crippen LogP contribution in [0.4, 0.5) is 5.82 Å². The molecule has 172 valence electrons. The highest BCUT2D eigenvalue weighted by molar-refractivity contribution is 6.30. The number of anilines is 1. The molecule has 0 unspecified atom stereocenters. The highest BCUT2D eigenvalue weighted by Gasteiger charge is 2.26. The number of rotatable bonds is 8. The van der Waals surface area contributed by atoms with Gasteiger partial charge in [-0.15, -0.1) is 49.6 Å². The summed E-state index contributed by atoms with van der Waals surface area (Å²) in [6.07, 6.45) is 0.953. The van der Waals surface area contributed by atoms with Crippen molar-refractivity contribution in [3.05, 3.63) is 58.2 Å². The van der Waals surface area contributed by atoms with Crippen LogP contribution in [-0.2, 0) is 13.0 Å².